The predicted octanol–water partition coefficient (Wildman–Crippen LogP) is 0.691. The van der Waals surface area contributed by atoms with E-state index in [2.05, 4.69) is 0 Å². The number of unbranched alkanes of at least 4 members (excludes halogenated alkanes) is 1. The number of hydrogen-bond acceptors (Lipinski definition) is 4. The summed E-state index contributed by atoms with van der Waals surface area (Å²) >= 11 is 0. The summed E-state index contributed by atoms with van der Waals surface area (Å²) in [5.74, 6) is -1.34. The van der Waals surface area contributed by atoms with Crippen LogP contribution in [0.1, 0.15) is 26.2 Å². The second-order valence-electron chi connectivity index (χ2n) is 3.30. The van der Waals surface area contributed by atoms with Crippen LogP contribution in [0.5, 0.6) is 0 Å². The van der Waals surface area contributed by atoms with Gasteiger partial charge in [0.05, 0.1) is 5.75 Å². The largest absolute Gasteiger partial charge is 0.480 e. The van der Waals surface area contributed by atoms with Gasteiger partial charge >= 0.3 is 5.97 Å². The first kappa shape index (κ1) is 14.4. The highest BCUT2D eigenvalue weighted by Gasteiger charge is 2.29. The third kappa shape index (κ3) is 5.13. The van der Waals surface area contributed by atoms with Gasteiger partial charge in [0.25, 0.3) is 0 Å². The van der Waals surface area contributed by atoms with Gasteiger partial charge in [-0.3, -0.25) is 4.79 Å². The highest BCUT2D eigenvalue weighted by molar-refractivity contribution is 7.92. The van der Waals surface area contributed by atoms with E-state index < -0.39 is 21.1 Å². The molecule has 1 unspecified atom stereocenters. The summed E-state index contributed by atoms with van der Waals surface area (Å²) in [4.78, 5) is 10.7. The van der Waals surface area contributed by atoms with Gasteiger partial charge in [-0.15, -0.1) is 0 Å². The van der Waals surface area contributed by atoms with Crippen molar-refractivity contribution in [3.05, 3.63) is 0 Å². The molecule has 0 saturated heterocycles. The average Bonchev–Trinajstić information content (AvgIpc) is 2.12. The van der Waals surface area contributed by atoms with Gasteiger partial charge in [0, 0.05) is 13.7 Å². The minimum atomic E-state index is -3.51. The molecule has 0 rings (SSSR count). The maximum Gasteiger partial charge on any atom is 0.321 e. The lowest BCUT2D eigenvalue weighted by Crippen LogP contribution is -2.31. The quantitative estimate of drug-likeness (QED) is 0.629. The normalized spacial score (nSPS) is 13.7. The van der Waals surface area contributed by atoms with Crippen molar-refractivity contribution in [2.75, 3.05) is 19.5 Å². The van der Waals surface area contributed by atoms with Crippen LogP contribution in [0.2, 0.25) is 0 Å². The van der Waals surface area contributed by atoms with Gasteiger partial charge in [-0.25, -0.2) is 8.42 Å². The first-order valence-electron chi connectivity index (χ1n) is 4.89. The van der Waals surface area contributed by atoms with Gasteiger partial charge in [-0.2, -0.15) is 0 Å². The smallest absolute Gasteiger partial charge is 0.321 e. The lowest BCUT2D eigenvalue weighted by atomic mass is 10.3. The molecule has 0 spiro atoms. The second kappa shape index (κ2) is 6.79. The van der Waals surface area contributed by atoms with E-state index in [-0.39, 0.29) is 12.2 Å². The fraction of sp³-hybridized carbons (Fsp3) is 0.889. The Morgan fingerprint density at radius 1 is 1.40 bits per heavy atom. The molecule has 0 fully saturated rings. The molecule has 0 amide bonds. The number of carboxylic acid groups (broad SMARTS) is 1. The second-order valence-corrected chi connectivity index (χ2v) is 5.61. The van der Waals surface area contributed by atoms with E-state index in [4.69, 9.17) is 9.84 Å². The highest BCUT2D eigenvalue weighted by Crippen LogP contribution is 2.09. The Kier molecular flexibility index (Phi) is 6.51. The molecule has 0 bridgehead atoms. The zero-order valence-electron chi connectivity index (χ0n) is 9.10. The van der Waals surface area contributed by atoms with Crippen molar-refractivity contribution in [3.8, 4) is 0 Å². The molecule has 0 aromatic rings. The maximum absolute atomic E-state index is 11.5. The van der Waals surface area contributed by atoms with Crippen LogP contribution in [0.3, 0.4) is 0 Å². The number of carbonyl (C=O) groups is 1. The summed E-state index contributed by atoms with van der Waals surface area (Å²) in [5.41, 5.74) is 0. The SMILES string of the molecule is CCC(C(=O)O)S(=O)(=O)CCCCOC. The van der Waals surface area contributed by atoms with Crippen molar-refractivity contribution in [2.24, 2.45) is 0 Å². The molecule has 6 heteroatoms. The predicted molar refractivity (Wildman–Crippen MR) is 56.6 cm³/mol. The van der Waals surface area contributed by atoms with Crippen molar-refractivity contribution in [1.29, 1.82) is 0 Å². The molecule has 1 atom stereocenters. The molecule has 0 aliphatic rings. The number of methoxy groups -OCH3 is 1. The van der Waals surface area contributed by atoms with Gasteiger partial charge in [-0.05, 0) is 19.3 Å². The van der Waals surface area contributed by atoms with Crippen LogP contribution in [-0.2, 0) is 19.4 Å². The van der Waals surface area contributed by atoms with E-state index in [0.717, 1.165) is 0 Å². The van der Waals surface area contributed by atoms with E-state index in [1.54, 1.807) is 14.0 Å². The lowest BCUT2D eigenvalue weighted by Gasteiger charge is -2.10. The highest BCUT2D eigenvalue weighted by atomic mass is 32.2. The van der Waals surface area contributed by atoms with Crippen LogP contribution in [0.4, 0.5) is 0 Å². The molecule has 0 saturated carbocycles. The topological polar surface area (TPSA) is 80.7 Å². The van der Waals surface area contributed by atoms with Crippen LogP contribution in [0.25, 0.3) is 0 Å². The third-order valence-corrected chi connectivity index (χ3v) is 4.37. The van der Waals surface area contributed by atoms with E-state index in [0.29, 0.717) is 19.4 Å². The zero-order chi connectivity index (χ0) is 11.9. The fourth-order valence-corrected chi connectivity index (χ4v) is 2.98. The molecule has 0 aromatic carbocycles. The molecule has 0 radical (unpaired) electrons. The summed E-state index contributed by atoms with van der Waals surface area (Å²) in [7, 11) is -1.96. The monoisotopic (exact) mass is 238 g/mol. The Hall–Kier alpha value is -0.620. The Bertz CT molecular complexity index is 283. The standard InChI is InChI=1S/C9H18O5S/c1-3-8(9(10)11)15(12,13)7-5-4-6-14-2/h8H,3-7H2,1-2H3,(H,10,11). The molecule has 0 aliphatic carbocycles. The van der Waals surface area contributed by atoms with Crippen LogP contribution in [0, 0.1) is 0 Å². The van der Waals surface area contributed by atoms with Gasteiger partial charge in [0.2, 0.25) is 0 Å². The van der Waals surface area contributed by atoms with E-state index in [1.807, 2.05) is 0 Å². The molecule has 5 nitrogen and oxygen atoms in total. The number of aliphatic carboxylic acids is 1. The average molecular weight is 238 g/mol. The van der Waals surface area contributed by atoms with Crippen molar-refractivity contribution in [3.63, 3.8) is 0 Å². The summed E-state index contributed by atoms with van der Waals surface area (Å²) in [6.45, 7) is 2.06. The Labute approximate surface area is 90.4 Å². The number of sulfone groups is 1. The fourth-order valence-electron chi connectivity index (χ4n) is 1.27. The third-order valence-electron chi connectivity index (χ3n) is 2.11. The van der Waals surface area contributed by atoms with Crippen LogP contribution >= 0.6 is 0 Å². The lowest BCUT2D eigenvalue weighted by molar-refractivity contribution is -0.136. The minimum Gasteiger partial charge on any atom is -0.480 e. The van der Waals surface area contributed by atoms with Crippen molar-refractivity contribution in [2.45, 2.75) is 31.4 Å². The van der Waals surface area contributed by atoms with Gasteiger partial charge < -0.3 is 9.84 Å². The molecule has 0 aliphatic heterocycles. The van der Waals surface area contributed by atoms with Crippen LogP contribution < -0.4 is 0 Å². The van der Waals surface area contributed by atoms with Crippen molar-refractivity contribution < 1.29 is 23.1 Å². The van der Waals surface area contributed by atoms with E-state index in [1.165, 1.54) is 0 Å². The van der Waals surface area contributed by atoms with Crippen molar-refractivity contribution >= 4 is 15.8 Å². The molecule has 90 valence electrons. The molecular weight excluding hydrogens is 220 g/mol. The van der Waals surface area contributed by atoms with Gasteiger partial charge in [0.15, 0.2) is 15.1 Å². The number of carboxylic acids is 1. The first-order chi connectivity index (χ1) is 6.95. The molecule has 0 heterocycles. The van der Waals surface area contributed by atoms with Gasteiger partial charge in [-0.1, -0.05) is 6.92 Å². The molecular formula is C9H18O5S. The van der Waals surface area contributed by atoms with E-state index >= 15 is 0 Å². The number of rotatable bonds is 8. The van der Waals surface area contributed by atoms with E-state index in [9.17, 15) is 13.2 Å². The maximum atomic E-state index is 11.5. The summed E-state index contributed by atoms with van der Waals surface area (Å²) in [6.07, 6.45) is 1.19. The Morgan fingerprint density at radius 3 is 2.40 bits per heavy atom. The Balaban J connectivity index is 4.21. The summed E-state index contributed by atoms with van der Waals surface area (Å²) in [6, 6.07) is 0. The molecule has 0 aromatic heterocycles. The summed E-state index contributed by atoms with van der Waals surface area (Å²) < 4.78 is 27.9. The minimum absolute atomic E-state index is 0.0822. The van der Waals surface area contributed by atoms with Crippen LogP contribution in [0.15, 0.2) is 0 Å². The first-order valence-corrected chi connectivity index (χ1v) is 6.60. The Morgan fingerprint density at radius 2 is 2.00 bits per heavy atom. The zero-order valence-corrected chi connectivity index (χ0v) is 9.92. The number of hydrogen-bond donors (Lipinski definition) is 1. The molecule has 1 N–H and O–H groups in total. The molecule has 15 heavy (non-hydrogen) atoms. The number of ether oxygens (including phenoxy) is 1. The van der Waals surface area contributed by atoms with Gasteiger partial charge in [0.1, 0.15) is 0 Å². The van der Waals surface area contributed by atoms with Crippen LogP contribution in [-0.4, -0.2) is 44.2 Å². The summed E-state index contributed by atoms with van der Waals surface area (Å²) in [5, 5.41) is 7.44. The van der Waals surface area contributed by atoms with Crippen molar-refractivity contribution in [1.82, 2.24) is 0 Å².